The third kappa shape index (κ3) is 2.17. The zero-order valence-corrected chi connectivity index (χ0v) is 6.50. The van der Waals surface area contributed by atoms with Crippen molar-refractivity contribution in [2.24, 2.45) is 0 Å². The van der Waals surface area contributed by atoms with E-state index in [1.807, 2.05) is 25.5 Å². The fraction of sp³-hybridized carbons (Fsp3) is 0.500. The Morgan fingerprint density at radius 2 is 1.88 bits per heavy atom. The number of thiol groups is 1. The highest BCUT2D eigenvalue weighted by molar-refractivity contribution is 7.96. The maximum Gasteiger partial charge on any atom is 0.209 e. The van der Waals surface area contributed by atoms with Crippen molar-refractivity contribution < 1.29 is 4.58 Å². The number of rotatable bonds is 1. The van der Waals surface area contributed by atoms with Gasteiger partial charge in [-0.25, -0.2) is 0 Å². The molecule has 2 heteroatoms. The van der Waals surface area contributed by atoms with Gasteiger partial charge in [0.25, 0.3) is 0 Å². The maximum atomic E-state index is 4.11. The molecule has 0 unspecified atom stereocenters. The normalized spacial score (nSPS) is 13.0. The van der Waals surface area contributed by atoms with Gasteiger partial charge < -0.3 is 0 Å². The number of hydrogen-bond acceptors (Lipinski definition) is 0. The third-order valence-electron chi connectivity index (χ3n) is 1.06. The van der Waals surface area contributed by atoms with Crippen LogP contribution in [0.2, 0.25) is 0 Å². The SMILES string of the molecule is C=C(C)[N+](C)=C(C)S. The molecule has 46 valence electrons. The van der Waals surface area contributed by atoms with Crippen LogP contribution in [-0.2, 0) is 0 Å². The molecular formula is C6H12NS+. The van der Waals surface area contributed by atoms with E-state index in [0.717, 1.165) is 10.7 Å². The standard InChI is InChI=1S/C6H11NS/c1-5(2)7(4)6(3)8/h1H2,2-4H3/p+1. The van der Waals surface area contributed by atoms with Crippen LogP contribution in [0.25, 0.3) is 0 Å². The van der Waals surface area contributed by atoms with Gasteiger partial charge in [0.2, 0.25) is 5.04 Å². The summed E-state index contributed by atoms with van der Waals surface area (Å²) in [4.78, 5) is 0. The minimum absolute atomic E-state index is 0.970. The summed E-state index contributed by atoms with van der Waals surface area (Å²) >= 11 is 4.11. The molecule has 1 nitrogen and oxygen atoms in total. The first-order chi connectivity index (χ1) is 3.55. The molecule has 0 radical (unpaired) electrons. The molecule has 0 aromatic rings. The van der Waals surface area contributed by atoms with Gasteiger partial charge in [-0.1, -0.05) is 12.6 Å². The van der Waals surface area contributed by atoms with E-state index in [0.29, 0.717) is 0 Å². The van der Waals surface area contributed by atoms with Crippen LogP contribution in [0.5, 0.6) is 0 Å². The van der Waals surface area contributed by atoms with Crippen LogP contribution >= 0.6 is 12.6 Å². The van der Waals surface area contributed by atoms with Crippen LogP contribution in [0.1, 0.15) is 13.8 Å². The van der Waals surface area contributed by atoms with Gasteiger partial charge in [0.15, 0.2) is 5.70 Å². The van der Waals surface area contributed by atoms with Crippen molar-refractivity contribution in [1.29, 1.82) is 0 Å². The maximum absolute atomic E-state index is 4.11. The highest BCUT2D eigenvalue weighted by Gasteiger charge is 1.97. The van der Waals surface area contributed by atoms with Gasteiger partial charge in [-0.15, -0.1) is 0 Å². The Kier molecular flexibility index (Phi) is 2.84. The molecule has 0 saturated carbocycles. The van der Waals surface area contributed by atoms with Crippen LogP contribution in [-0.4, -0.2) is 16.7 Å². The van der Waals surface area contributed by atoms with E-state index in [1.165, 1.54) is 0 Å². The average molecular weight is 130 g/mol. The fourth-order valence-corrected chi connectivity index (χ4v) is 0.447. The van der Waals surface area contributed by atoms with Crippen LogP contribution in [0.15, 0.2) is 12.3 Å². The Morgan fingerprint density at radius 1 is 1.50 bits per heavy atom. The highest BCUT2D eigenvalue weighted by Crippen LogP contribution is 1.90. The molecule has 0 fully saturated rings. The first kappa shape index (κ1) is 7.76. The Morgan fingerprint density at radius 3 is 1.88 bits per heavy atom. The summed E-state index contributed by atoms with van der Waals surface area (Å²) in [6.07, 6.45) is 0. The Hall–Kier alpha value is -0.240. The molecule has 0 aliphatic rings. The van der Waals surface area contributed by atoms with E-state index in [9.17, 15) is 0 Å². The van der Waals surface area contributed by atoms with Gasteiger partial charge in [0, 0.05) is 13.8 Å². The van der Waals surface area contributed by atoms with E-state index >= 15 is 0 Å². The number of nitrogens with zero attached hydrogens (tertiary/aromatic N) is 1. The quantitative estimate of drug-likeness (QED) is 0.237. The van der Waals surface area contributed by atoms with E-state index < -0.39 is 0 Å². The fourth-order valence-electron chi connectivity index (χ4n) is 0.276. The lowest BCUT2D eigenvalue weighted by Crippen LogP contribution is -2.06. The van der Waals surface area contributed by atoms with Gasteiger partial charge in [-0.2, -0.15) is 4.58 Å². The molecule has 0 N–H and O–H groups in total. The second-order valence-electron chi connectivity index (χ2n) is 1.84. The van der Waals surface area contributed by atoms with Gasteiger partial charge >= 0.3 is 0 Å². The minimum atomic E-state index is 0.970. The largest absolute Gasteiger partial charge is 0.209 e. The van der Waals surface area contributed by atoms with Crippen molar-refractivity contribution in [1.82, 2.24) is 0 Å². The zero-order chi connectivity index (χ0) is 6.73. The molecule has 0 rings (SSSR count). The van der Waals surface area contributed by atoms with Gasteiger partial charge in [-0.3, -0.25) is 0 Å². The lowest BCUT2D eigenvalue weighted by molar-refractivity contribution is -0.439. The number of allylic oxidation sites excluding steroid dienone is 1. The predicted molar refractivity (Wildman–Crippen MR) is 40.7 cm³/mol. The molecule has 0 aliphatic carbocycles. The summed E-state index contributed by atoms with van der Waals surface area (Å²) in [5, 5.41) is 0.970. The van der Waals surface area contributed by atoms with Crippen molar-refractivity contribution in [3.8, 4) is 0 Å². The Bertz CT molecular complexity index is 131. The summed E-state index contributed by atoms with van der Waals surface area (Å²) in [6.45, 7) is 7.61. The first-order valence-corrected chi connectivity index (χ1v) is 2.92. The summed E-state index contributed by atoms with van der Waals surface area (Å²) in [5.41, 5.74) is 1.01. The average Bonchev–Trinajstić information content (AvgIpc) is 1.64. The number of hydrogen-bond donors (Lipinski definition) is 1. The van der Waals surface area contributed by atoms with Crippen molar-refractivity contribution in [3.05, 3.63) is 12.3 Å². The van der Waals surface area contributed by atoms with E-state index in [-0.39, 0.29) is 0 Å². The molecule has 0 heterocycles. The smallest absolute Gasteiger partial charge is 0.198 e. The molecule has 0 aliphatic heterocycles. The minimum Gasteiger partial charge on any atom is -0.198 e. The lowest BCUT2D eigenvalue weighted by Gasteiger charge is -1.92. The molecule has 8 heavy (non-hydrogen) atoms. The van der Waals surface area contributed by atoms with Crippen LogP contribution in [0.4, 0.5) is 0 Å². The second-order valence-corrected chi connectivity index (χ2v) is 2.49. The van der Waals surface area contributed by atoms with Gasteiger partial charge in [0.1, 0.15) is 7.05 Å². The molecule has 0 amide bonds. The van der Waals surface area contributed by atoms with Crippen LogP contribution < -0.4 is 0 Å². The van der Waals surface area contributed by atoms with Crippen molar-refractivity contribution >= 4 is 17.7 Å². The summed E-state index contributed by atoms with van der Waals surface area (Å²) in [7, 11) is 1.94. The van der Waals surface area contributed by atoms with E-state index in [2.05, 4.69) is 19.2 Å². The molecule has 0 bridgehead atoms. The molecule has 0 saturated heterocycles. The van der Waals surface area contributed by atoms with Crippen molar-refractivity contribution in [2.45, 2.75) is 13.8 Å². The second kappa shape index (κ2) is 2.92. The predicted octanol–water partition coefficient (Wildman–Crippen LogP) is 1.51. The van der Waals surface area contributed by atoms with Crippen LogP contribution in [0.3, 0.4) is 0 Å². The van der Waals surface area contributed by atoms with E-state index in [4.69, 9.17) is 0 Å². The first-order valence-electron chi connectivity index (χ1n) is 2.47. The molecule has 0 spiro atoms. The Labute approximate surface area is 56.1 Å². The molecular weight excluding hydrogens is 118 g/mol. The monoisotopic (exact) mass is 130 g/mol. The third-order valence-corrected chi connectivity index (χ3v) is 1.36. The molecule has 0 atom stereocenters. The zero-order valence-electron chi connectivity index (χ0n) is 5.60. The highest BCUT2D eigenvalue weighted by atomic mass is 32.1. The Balaban J connectivity index is 4.23. The summed E-state index contributed by atoms with van der Waals surface area (Å²) < 4.78 is 1.92. The summed E-state index contributed by atoms with van der Waals surface area (Å²) in [5.74, 6) is 0. The topological polar surface area (TPSA) is 3.01 Å². The van der Waals surface area contributed by atoms with E-state index in [1.54, 1.807) is 0 Å². The summed E-state index contributed by atoms with van der Waals surface area (Å²) in [6, 6.07) is 0. The molecule has 0 aromatic carbocycles. The van der Waals surface area contributed by atoms with Gasteiger partial charge in [0.05, 0.1) is 0 Å². The van der Waals surface area contributed by atoms with Crippen molar-refractivity contribution in [3.63, 3.8) is 0 Å². The van der Waals surface area contributed by atoms with Gasteiger partial charge in [-0.05, 0) is 6.58 Å². The molecule has 0 aromatic heterocycles. The van der Waals surface area contributed by atoms with Crippen molar-refractivity contribution in [2.75, 3.05) is 7.05 Å². The lowest BCUT2D eigenvalue weighted by atomic mass is 10.5. The van der Waals surface area contributed by atoms with Crippen LogP contribution in [0, 0.1) is 0 Å².